The monoisotopic (exact) mass is 813 g/mol. The van der Waals surface area contributed by atoms with Crippen molar-refractivity contribution in [2.45, 2.75) is 135 Å². The number of rotatable bonds is 9. The van der Waals surface area contributed by atoms with Crippen molar-refractivity contribution < 1.29 is 14.6 Å². The summed E-state index contributed by atoms with van der Waals surface area (Å²) in [7, 11) is 0. The van der Waals surface area contributed by atoms with Gasteiger partial charge < -0.3 is 29.6 Å². The Balaban J connectivity index is 0.000000180. The maximum absolute atomic E-state index is 13.0. The summed E-state index contributed by atoms with van der Waals surface area (Å²) in [6.45, 7) is 8.08. The summed E-state index contributed by atoms with van der Waals surface area (Å²) in [4.78, 5) is 49.3. The Hall–Kier alpha value is -3.67. The van der Waals surface area contributed by atoms with Gasteiger partial charge in [-0.2, -0.15) is 0 Å². The largest absolute Gasteiger partial charge is 0.466 e. The number of aliphatic hydroxyl groups excluding tert-OH is 1. The van der Waals surface area contributed by atoms with Gasteiger partial charge in [0.05, 0.1) is 40.6 Å². The number of aromatic nitrogens is 4. The molecule has 59 heavy (non-hydrogen) atoms. The van der Waals surface area contributed by atoms with Crippen molar-refractivity contribution in [2.75, 3.05) is 52.5 Å². The molecule has 2 aromatic carbocycles. The summed E-state index contributed by atoms with van der Waals surface area (Å²) in [5, 5.41) is 10.1. The first-order valence-electron chi connectivity index (χ1n) is 23.5. The number of likely N-dealkylation sites (tertiary alicyclic amines) is 2. The summed E-state index contributed by atoms with van der Waals surface area (Å²) in [6.07, 6.45) is 23.5. The molecular formula is C48H72N6O5. The first-order chi connectivity index (χ1) is 28.9. The van der Waals surface area contributed by atoms with E-state index < -0.39 is 0 Å². The average molecular weight is 813 g/mol. The van der Waals surface area contributed by atoms with Crippen LogP contribution in [0.3, 0.4) is 0 Å². The molecule has 324 valence electrons. The van der Waals surface area contributed by atoms with E-state index in [9.17, 15) is 19.5 Å². The zero-order valence-corrected chi connectivity index (χ0v) is 35.8. The van der Waals surface area contributed by atoms with Gasteiger partial charge in [-0.25, -0.2) is 9.59 Å². The second kappa shape index (κ2) is 21.7. The van der Waals surface area contributed by atoms with E-state index in [1.54, 1.807) is 4.57 Å². The Labute approximate surface area is 350 Å². The lowest BCUT2D eigenvalue weighted by Crippen LogP contribution is -2.48. The minimum atomic E-state index is -0.318. The van der Waals surface area contributed by atoms with Crippen LogP contribution in [0.5, 0.6) is 0 Å². The third kappa shape index (κ3) is 11.2. The maximum Gasteiger partial charge on any atom is 0.326 e. The Morgan fingerprint density at radius 2 is 1.07 bits per heavy atom. The first-order valence-corrected chi connectivity index (χ1v) is 23.5. The van der Waals surface area contributed by atoms with E-state index >= 15 is 0 Å². The lowest BCUT2D eigenvalue weighted by Gasteiger charge is -2.39. The van der Waals surface area contributed by atoms with E-state index in [0.29, 0.717) is 19.1 Å². The van der Waals surface area contributed by atoms with Gasteiger partial charge in [0.2, 0.25) is 0 Å². The van der Waals surface area contributed by atoms with Crippen LogP contribution in [0.15, 0.2) is 58.1 Å². The number of H-pyrrole nitrogens is 2. The Morgan fingerprint density at radius 3 is 1.56 bits per heavy atom. The van der Waals surface area contributed by atoms with Crippen molar-refractivity contribution in [1.29, 1.82) is 0 Å². The van der Waals surface area contributed by atoms with E-state index in [4.69, 9.17) is 4.74 Å². The van der Waals surface area contributed by atoms with Crippen LogP contribution in [0.4, 0.5) is 0 Å². The number of imidazole rings is 2. The van der Waals surface area contributed by atoms with E-state index in [1.807, 2.05) is 60.0 Å². The number of esters is 1. The predicted molar refractivity (Wildman–Crippen MR) is 237 cm³/mol. The van der Waals surface area contributed by atoms with Crippen LogP contribution in [0.25, 0.3) is 22.1 Å². The number of para-hydroxylation sites is 4. The summed E-state index contributed by atoms with van der Waals surface area (Å²) in [5.41, 5.74) is 3.36. The van der Waals surface area contributed by atoms with Gasteiger partial charge in [0.15, 0.2) is 0 Å². The molecule has 0 radical (unpaired) electrons. The quantitative estimate of drug-likeness (QED) is 0.145. The van der Waals surface area contributed by atoms with Gasteiger partial charge in [-0.05, 0) is 81.5 Å². The molecule has 4 fully saturated rings. The molecule has 11 heteroatoms. The molecule has 2 aliphatic carbocycles. The summed E-state index contributed by atoms with van der Waals surface area (Å²) >= 11 is 0. The minimum absolute atomic E-state index is 0.0469. The van der Waals surface area contributed by atoms with Crippen LogP contribution >= 0.6 is 0 Å². The predicted octanol–water partition coefficient (Wildman–Crippen LogP) is 8.44. The molecule has 11 nitrogen and oxygen atoms in total. The molecule has 4 aliphatic rings. The van der Waals surface area contributed by atoms with Crippen LogP contribution in [0.2, 0.25) is 0 Å². The van der Waals surface area contributed by atoms with E-state index in [1.165, 1.54) is 103 Å². The average Bonchev–Trinajstić information content (AvgIpc) is 3.84. The Morgan fingerprint density at radius 1 is 0.627 bits per heavy atom. The highest BCUT2D eigenvalue weighted by Crippen LogP contribution is 2.34. The highest BCUT2D eigenvalue weighted by Gasteiger charge is 2.39. The van der Waals surface area contributed by atoms with Crippen molar-refractivity contribution in [3.63, 3.8) is 0 Å². The molecule has 0 amide bonds. The number of aromatic amines is 2. The fourth-order valence-electron chi connectivity index (χ4n) is 11.1. The number of hydrogen-bond donors (Lipinski definition) is 3. The zero-order valence-electron chi connectivity index (χ0n) is 35.8. The second-order valence-corrected chi connectivity index (χ2v) is 18.3. The topological polar surface area (TPSA) is 129 Å². The number of aliphatic hydroxyl groups is 1. The second-order valence-electron chi connectivity index (χ2n) is 18.3. The van der Waals surface area contributed by atoms with Crippen LogP contribution in [0, 0.1) is 23.7 Å². The third-order valence-electron chi connectivity index (χ3n) is 14.2. The maximum atomic E-state index is 13.0. The van der Waals surface area contributed by atoms with E-state index in [-0.39, 0.29) is 47.9 Å². The Kier molecular flexibility index (Phi) is 16.0. The number of hydrogen-bond acceptors (Lipinski definition) is 7. The molecule has 8 rings (SSSR count). The van der Waals surface area contributed by atoms with Crippen LogP contribution < -0.4 is 11.4 Å². The van der Waals surface area contributed by atoms with Gasteiger partial charge in [-0.15, -0.1) is 0 Å². The fourth-order valence-corrected chi connectivity index (χ4v) is 11.1. The zero-order chi connectivity index (χ0) is 41.0. The first kappa shape index (κ1) is 43.4. The Bertz CT molecular complexity index is 2000. The van der Waals surface area contributed by atoms with E-state index in [0.717, 1.165) is 73.6 Å². The third-order valence-corrected chi connectivity index (χ3v) is 14.2. The molecule has 0 bridgehead atoms. The molecular weight excluding hydrogens is 741 g/mol. The van der Waals surface area contributed by atoms with Crippen LogP contribution in [0.1, 0.15) is 135 Å². The van der Waals surface area contributed by atoms with Gasteiger partial charge in [0.25, 0.3) is 0 Å². The number of fused-ring (bicyclic) bond motifs is 2. The molecule has 0 spiro atoms. The lowest BCUT2D eigenvalue weighted by molar-refractivity contribution is -0.152. The van der Waals surface area contributed by atoms with Gasteiger partial charge >= 0.3 is 17.3 Å². The SMILES string of the molecule is CCOC(=O)C1CN(CC2CCCCCCCC2)CCC1n1c(=O)[nH]c2ccccc21.O=c1[nH]c2ccccc2n1C1CCN(CC2CCCCCCCC2)CC1CO. The summed E-state index contributed by atoms with van der Waals surface area (Å²) < 4.78 is 9.16. The van der Waals surface area contributed by atoms with Crippen molar-refractivity contribution >= 4 is 28.0 Å². The molecule has 2 saturated carbocycles. The smallest absolute Gasteiger partial charge is 0.326 e. The van der Waals surface area contributed by atoms with Crippen molar-refractivity contribution in [2.24, 2.45) is 23.7 Å². The number of piperidine rings is 2. The molecule has 3 N–H and O–H groups in total. The van der Waals surface area contributed by atoms with Crippen LogP contribution in [-0.2, 0) is 9.53 Å². The number of ether oxygens (including phenoxy) is 1. The number of nitrogens with zero attached hydrogens (tertiary/aromatic N) is 4. The molecule has 2 saturated heterocycles. The van der Waals surface area contributed by atoms with Crippen LogP contribution in [-0.4, -0.2) is 92.5 Å². The van der Waals surface area contributed by atoms with Crippen molar-refractivity contribution in [3.05, 3.63) is 69.5 Å². The summed E-state index contributed by atoms with van der Waals surface area (Å²) in [5.74, 6) is 1.13. The normalized spacial score (nSPS) is 25.2. The number of nitrogens with one attached hydrogen (secondary N) is 2. The summed E-state index contributed by atoms with van der Waals surface area (Å²) in [6, 6.07) is 15.5. The number of carbonyl (C=O) groups excluding carboxylic acids is 1. The van der Waals surface area contributed by atoms with Gasteiger partial charge in [-0.1, -0.05) is 101 Å². The van der Waals surface area contributed by atoms with Crippen molar-refractivity contribution in [1.82, 2.24) is 28.9 Å². The molecule has 2 aromatic heterocycles. The number of carbonyl (C=O) groups is 1. The highest BCUT2D eigenvalue weighted by molar-refractivity contribution is 5.77. The van der Waals surface area contributed by atoms with Gasteiger partial charge in [0.1, 0.15) is 0 Å². The van der Waals surface area contributed by atoms with E-state index in [2.05, 4.69) is 19.8 Å². The van der Waals surface area contributed by atoms with Gasteiger partial charge in [0, 0.05) is 57.8 Å². The standard InChI is InChI=1S/C25H37N3O3.C23H35N3O2/c1-2-31-24(29)20-18-27(17-19-11-7-5-3-4-6-8-12-19)16-15-22(20)28-23-14-10-9-13-21(23)26-25(28)30;27-17-19-16-25(15-18-9-5-3-1-2-4-6-10-18)14-13-21(19)26-22-12-8-7-11-20(22)24-23(26)28/h9-10,13-14,19-20,22H,2-8,11-12,15-18H2,1H3,(H,26,30);7-8,11-12,18-19,21,27H,1-6,9-10,13-17H2,(H,24,28). The lowest BCUT2D eigenvalue weighted by atomic mass is 9.89. The van der Waals surface area contributed by atoms with Gasteiger partial charge in [-0.3, -0.25) is 13.9 Å². The highest BCUT2D eigenvalue weighted by atomic mass is 16.5. The molecule has 4 aromatic rings. The minimum Gasteiger partial charge on any atom is -0.466 e. The molecule has 2 aliphatic heterocycles. The molecule has 4 heterocycles. The molecule has 4 unspecified atom stereocenters. The molecule has 4 atom stereocenters. The van der Waals surface area contributed by atoms with Crippen molar-refractivity contribution in [3.8, 4) is 0 Å². The number of benzene rings is 2. The fraction of sp³-hybridized carbons (Fsp3) is 0.688.